The first-order valence-electron chi connectivity index (χ1n) is 4.51. The lowest BCUT2D eigenvalue weighted by Gasteiger charge is -2.07. The standard InChI is InChI=1S/C10H13NO3S/c1-2-14-7-3-5-8(6-4-7)15-9(11)10(12)13/h3-6,9H,2,11H2,1H3,(H,12,13). The molecule has 82 valence electrons. The minimum absolute atomic E-state index is 0.612. The van der Waals surface area contributed by atoms with Crippen molar-refractivity contribution in [2.45, 2.75) is 17.2 Å². The lowest BCUT2D eigenvalue weighted by atomic mass is 10.3. The van der Waals surface area contributed by atoms with Gasteiger partial charge in [-0.25, -0.2) is 4.79 Å². The molecule has 0 saturated heterocycles. The number of aliphatic carboxylic acids is 1. The number of nitrogens with two attached hydrogens (primary N) is 1. The number of carboxylic acid groups (broad SMARTS) is 1. The van der Waals surface area contributed by atoms with Gasteiger partial charge in [0.2, 0.25) is 0 Å². The van der Waals surface area contributed by atoms with Crippen LogP contribution in [0, 0.1) is 0 Å². The van der Waals surface area contributed by atoms with Crippen molar-refractivity contribution in [3.8, 4) is 5.75 Å². The molecule has 0 saturated carbocycles. The van der Waals surface area contributed by atoms with Gasteiger partial charge in [-0.1, -0.05) is 11.8 Å². The van der Waals surface area contributed by atoms with Crippen molar-refractivity contribution in [3.05, 3.63) is 24.3 Å². The summed E-state index contributed by atoms with van der Waals surface area (Å²) in [6, 6.07) is 7.16. The molecule has 1 rings (SSSR count). The highest BCUT2D eigenvalue weighted by Gasteiger charge is 2.12. The van der Waals surface area contributed by atoms with Gasteiger partial charge in [-0.05, 0) is 31.2 Å². The number of carbonyl (C=O) groups is 1. The highest BCUT2D eigenvalue weighted by molar-refractivity contribution is 8.00. The van der Waals surface area contributed by atoms with E-state index in [1.165, 1.54) is 0 Å². The van der Waals surface area contributed by atoms with Gasteiger partial charge >= 0.3 is 5.97 Å². The van der Waals surface area contributed by atoms with Gasteiger partial charge in [0.25, 0.3) is 0 Å². The number of benzene rings is 1. The fourth-order valence-electron chi connectivity index (χ4n) is 0.978. The molecule has 0 radical (unpaired) electrons. The second kappa shape index (κ2) is 5.63. The van der Waals surface area contributed by atoms with Crippen molar-refractivity contribution in [3.63, 3.8) is 0 Å². The monoisotopic (exact) mass is 227 g/mol. The third-order valence-electron chi connectivity index (χ3n) is 1.64. The summed E-state index contributed by atoms with van der Waals surface area (Å²) in [5.41, 5.74) is 5.38. The molecule has 5 heteroatoms. The molecule has 4 nitrogen and oxygen atoms in total. The lowest BCUT2D eigenvalue weighted by molar-refractivity contribution is -0.136. The van der Waals surface area contributed by atoms with Gasteiger partial charge in [0.15, 0.2) is 5.37 Å². The molecule has 1 aromatic carbocycles. The summed E-state index contributed by atoms with van der Waals surface area (Å²) in [5, 5.41) is 7.68. The van der Waals surface area contributed by atoms with Gasteiger partial charge in [-0.3, -0.25) is 0 Å². The summed E-state index contributed by atoms with van der Waals surface area (Å²) in [6.07, 6.45) is 0. The molecule has 0 amide bonds. The van der Waals surface area contributed by atoms with Gasteiger partial charge in [0, 0.05) is 4.90 Å². The Labute approximate surface area is 92.4 Å². The van der Waals surface area contributed by atoms with Crippen molar-refractivity contribution in [2.24, 2.45) is 5.73 Å². The van der Waals surface area contributed by atoms with Crippen molar-refractivity contribution >= 4 is 17.7 Å². The molecule has 0 aliphatic heterocycles. The molecule has 0 aliphatic rings. The molecule has 0 aromatic heterocycles. The highest BCUT2D eigenvalue weighted by Crippen LogP contribution is 2.23. The first-order valence-corrected chi connectivity index (χ1v) is 5.39. The van der Waals surface area contributed by atoms with E-state index in [2.05, 4.69) is 0 Å². The normalized spacial score (nSPS) is 12.1. The predicted octanol–water partition coefficient (Wildman–Crippen LogP) is 1.55. The average molecular weight is 227 g/mol. The fraction of sp³-hybridized carbons (Fsp3) is 0.300. The summed E-state index contributed by atoms with van der Waals surface area (Å²) < 4.78 is 5.26. The maximum Gasteiger partial charge on any atom is 0.331 e. The largest absolute Gasteiger partial charge is 0.494 e. The van der Waals surface area contributed by atoms with Crippen LogP contribution in [0.15, 0.2) is 29.2 Å². The van der Waals surface area contributed by atoms with Crippen LogP contribution in [0.3, 0.4) is 0 Å². The van der Waals surface area contributed by atoms with E-state index in [0.717, 1.165) is 22.4 Å². The molecule has 1 atom stereocenters. The van der Waals surface area contributed by atoms with E-state index < -0.39 is 11.3 Å². The van der Waals surface area contributed by atoms with Crippen LogP contribution in [-0.4, -0.2) is 23.1 Å². The van der Waals surface area contributed by atoms with E-state index in [1.54, 1.807) is 24.3 Å². The van der Waals surface area contributed by atoms with Crippen LogP contribution < -0.4 is 10.5 Å². The maximum absolute atomic E-state index is 10.5. The van der Waals surface area contributed by atoms with Crippen molar-refractivity contribution < 1.29 is 14.6 Å². The number of carboxylic acids is 1. The van der Waals surface area contributed by atoms with E-state index in [-0.39, 0.29) is 0 Å². The average Bonchev–Trinajstić information content (AvgIpc) is 2.21. The summed E-state index contributed by atoms with van der Waals surface area (Å²) in [6.45, 7) is 2.52. The Bertz CT molecular complexity index is 326. The molecular formula is C10H13NO3S. The number of thioether (sulfide) groups is 1. The number of hydrogen-bond acceptors (Lipinski definition) is 4. The molecule has 1 aromatic rings. The molecule has 0 aliphatic carbocycles. The first-order chi connectivity index (χ1) is 7.13. The Balaban J connectivity index is 2.60. The first kappa shape index (κ1) is 11.9. The minimum Gasteiger partial charge on any atom is -0.494 e. The molecule has 3 N–H and O–H groups in total. The topological polar surface area (TPSA) is 72.5 Å². The second-order valence-electron chi connectivity index (χ2n) is 2.78. The Morgan fingerprint density at radius 1 is 1.53 bits per heavy atom. The van der Waals surface area contributed by atoms with Crippen LogP contribution in [0.4, 0.5) is 0 Å². The molecule has 0 fully saturated rings. The zero-order valence-corrected chi connectivity index (χ0v) is 9.16. The predicted molar refractivity (Wildman–Crippen MR) is 59.1 cm³/mol. The minimum atomic E-state index is -1.02. The summed E-state index contributed by atoms with van der Waals surface area (Å²) in [4.78, 5) is 11.3. The van der Waals surface area contributed by atoms with Crippen molar-refractivity contribution in [2.75, 3.05) is 6.61 Å². The number of hydrogen-bond donors (Lipinski definition) is 2. The molecule has 15 heavy (non-hydrogen) atoms. The van der Waals surface area contributed by atoms with Crippen LogP contribution in [0.5, 0.6) is 5.75 Å². The molecule has 1 unspecified atom stereocenters. The van der Waals surface area contributed by atoms with Crippen LogP contribution in [0.25, 0.3) is 0 Å². The van der Waals surface area contributed by atoms with Crippen LogP contribution in [-0.2, 0) is 4.79 Å². The zero-order valence-electron chi connectivity index (χ0n) is 8.34. The van der Waals surface area contributed by atoms with E-state index in [4.69, 9.17) is 15.6 Å². The lowest BCUT2D eigenvalue weighted by Crippen LogP contribution is -2.25. The zero-order chi connectivity index (χ0) is 11.3. The quantitative estimate of drug-likeness (QED) is 0.589. The van der Waals surface area contributed by atoms with Gasteiger partial charge in [0.05, 0.1) is 6.61 Å². The Kier molecular flexibility index (Phi) is 4.45. The van der Waals surface area contributed by atoms with E-state index in [9.17, 15) is 4.79 Å². The third kappa shape index (κ3) is 3.81. The van der Waals surface area contributed by atoms with Gasteiger partial charge in [0.1, 0.15) is 5.75 Å². The highest BCUT2D eigenvalue weighted by atomic mass is 32.2. The van der Waals surface area contributed by atoms with Crippen LogP contribution >= 0.6 is 11.8 Å². The van der Waals surface area contributed by atoms with E-state index in [1.807, 2.05) is 6.92 Å². The third-order valence-corrected chi connectivity index (χ3v) is 2.64. The number of ether oxygens (including phenoxy) is 1. The van der Waals surface area contributed by atoms with Gasteiger partial charge < -0.3 is 15.6 Å². The van der Waals surface area contributed by atoms with Crippen molar-refractivity contribution in [1.29, 1.82) is 0 Å². The van der Waals surface area contributed by atoms with Gasteiger partial charge in [-0.15, -0.1) is 0 Å². The molecule has 0 spiro atoms. The van der Waals surface area contributed by atoms with Crippen LogP contribution in [0.1, 0.15) is 6.92 Å². The maximum atomic E-state index is 10.5. The smallest absolute Gasteiger partial charge is 0.331 e. The Hall–Kier alpha value is -1.20. The molecule has 0 heterocycles. The molecule has 0 bridgehead atoms. The Morgan fingerprint density at radius 2 is 2.13 bits per heavy atom. The van der Waals surface area contributed by atoms with Gasteiger partial charge in [-0.2, -0.15) is 0 Å². The summed E-state index contributed by atoms with van der Waals surface area (Å²) >= 11 is 1.10. The molecular weight excluding hydrogens is 214 g/mol. The van der Waals surface area contributed by atoms with E-state index in [0.29, 0.717) is 6.61 Å². The summed E-state index contributed by atoms with van der Waals surface area (Å²) in [7, 11) is 0. The van der Waals surface area contributed by atoms with Crippen molar-refractivity contribution in [1.82, 2.24) is 0 Å². The summed E-state index contributed by atoms with van der Waals surface area (Å²) in [5.74, 6) is -0.250. The Morgan fingerprint density at radius 3 is 2.60 bits per heavy atom. The van der Waals surface area contributed by atoms with E-state index >= 15 is 0 Å². The SMILES string of the molecule is CCOc1ccc(SC(N)C(=O)O)cc1. The van der Waals surface area contributed by atoms with Crippen LogP contribution in [0.2, 0.25) is 0 Å². The number of rotatable bonds is 5. The second-order valence-corrected chi connectivity index (χ2v) is 4.00. The fourth-order valence-corrected chi connectivity index (χ4v) is 1.67.